The Kier molecular flexibility index (Phi) is 6.26. The van der Waals surface area contributed by atoms with E-state index in [1.165, 1.54) is 48.5 Å². The van der Waals surface area contributed by atoms with Gasteiger partial charge in [-0.1, -0.05) is 0 Å². The quantitative estimate of drug-likeness (QED) is 0.324. The highest BCUT2D eigenvalue weighted by molar-refractivity contribution is 5.89. The van der Waals surface area contributed by atoms with Gasteiger partial charge in [0.15, 0.2) is 6.61 Å². The van der Waals surface area contributed by atoms with Crippen LogP contribution in [0.4, 0.5) is 5.69 Å². The number of hydrogen-bond acceptors (Lipinski definition) is 7. The molecule has 0 N–H and O–H groups in total. The molecule has 2 aromatic rings. The van der Waals surface area contributed by atoms with Crippen LogP contribution in [0.15, 0.2) is 48.5 Å². The summed E-state index contributed by atoms with van der Waals surface area (Å²) in [5, 5.41) is 10.6. The van der Waals surface area contributed by atoms with Crippen LogP contribution in [0.5, 0.6) is 11.5 Å². The maximum Gasteiger partial charge on any atom is 0.349 e. The van der Waals surface area contributed by atoms with E-state index in [0.717, 1.165) is 0 Å². The maximum atomic E-state index is 11.8. The van der Waals surface area contributed by atoms with Gasteiger partial charge >= 0.3 is 11.9 Å². The number of nitro benzene ring substituents is 1. The van der Waals surface area contributed by atoms with Crippen molar-refractivity contribution < 1.29 is 28.7 Å². The normalized spacial score (nSPS) is 10.3. The van der Waals surface area contributed by atoms with Crippen molar-refractivity contribution in [1.82, 2.24) is 0 Å². The third kappa shape index (κ3) is 5.59. The number of benzene rings is 2. The van der Waals surface area contributed by atoms with Crippen molar-refractivity contribution in [2.45, 2.75) is 20.0 Å². The van der Waals surface area contributed by atoms with Crippen LogP contribution in [0.1, 0.15) is 24.2 Å². The zero-order valence-corrected chi connectivity index (χ0v) is 14.2. The van der Waals surface area contributed by atoms with Gasteiger partial charge in [0.2, 0.25) is 0 Å². The van der Waals surface area contributed by atoms with E-state index in [-0.39, 0.29) is 24.1 Å². The Hall–Kier alpha value is -3.42. The lowest BCUT2D eigenvalue weighted by molar-refractivity contribution is -0.384. The lowest BCUT2D eigenvalue weighted by atomic mass is 10.2. The molecule has 0 aliphatic carbocycles. The van der Waals surface area contributed by atoms with E-state index in [0.29, 0.717) is 11.3 Å². The lowest BCUT2D eigenvalue weighted by Gasteiger charge is -2.09. The first kappa shape index (κ1) is 18.9. The minimum absolute atomic E-state index is 0.0731. The van der Waals surface area contributed by atoms with Crippen LogP contribution in [-0.2, 0) is 9.53 Å². The van der Waals surface area contributed by atoms with Gasteiger partial charge in [-0.3, -0.25) is 10.1 Å². The van der Waals surface area contributed by atoms with Crippen LogP contribution in [0, 0.1) is 10.1 Å². The summed E-state index contributed by atoms with van der Waals surface area (Å²) < 4.78 is 15.4. The molecule has 8 heteroatoms. The second-order valence-electron chi connectivity index (χ2n) is 5.49. The molecule has 0 bridgehead atoms. The fraction of sp³-hybridized carbons (Fsp3) is 0.222. The van der Waals surface area contributed by atoms with Crippen molar-refractivity contribution >= 4 is 17.6 Å². The van der Waals surface area contributed by atoms with Crippen molar-refractivity contribution in [2.75, 3.05) is 6.61 Å². The third-order valence-electron chi connectivity index (χ3n) is 3.07. The minimum atomic E-state index is -0.652. The molecule has 136 valence electrons. The number of rotatable bonds is 7. The van der Waals surface area contributed by atoms with Crippen LogP contribution in [0.3, 0.4) is 0 Å². The molecule has 0 heterocycles. The molecule has 0 unspecified atom stereocenters. The average molecular weight is 359 g/mol. The van der Waals surface area contributed by atoms with E-state index in [1.54, 1.807) is 13.8 Å². The van der Waals surface area contributed by atoms with E-state index in [4.69, 9.17) is 14.2 Å². The highest BCUT2D eigenvalue weighted by Gasteiger charge is 2.11. The van der Waals surface area contributed by atoms with Gasteiger partial charge in [-0.25, -0.2) is 9.59 Å². The summed E-state index contributed by atoms with van der Waals surface area (Å²) in [5.41, 5.74) is 0.275. The molecule has 2 rings (SSSR count). The second-order valence-corrected chi connectivity index (χ2v) is 5.49. The Morgan fingerprint density at radius 1 is 1.00 bits per heavy atom. The molecule has 0 fully saturated rings. The van der Waals surface area contributed by atoms with Crippen molar-refractivity contribution in [3.05, 3.63) is 64.2 Å². The molecular formula is C18H17NO7. The number of hydrogen-bond donors (Lipinski definition) is 0. The average Bonchev–Trinajstić information content (AvgIpc) is 2.60. The molecule has 0 radical (unpaired) electrons. The molecule has 0 atom stereocenters. The smallest absolute Gasteiger partial charge is 0.349 e. The van der Waals surface area contributed by atoms with E-state index in [9.17, 15) is 19.7 Å². The predicted octanol–water partition coefficient (Wildman–Crippen LogP) is 3.14. The Bertz CT molecular complexity index is 782. The summed E-state index contributed by atoms with van der Waals surface area (Å²) in [4.78, 5) is 33.5. The van der Waals surface area contributed by atoms with Crippen molar-refractivity contribution in [3.8, 4) is 11.5 Å². The fourth-order valence-electron chi connectivity index (χ4n) is 1.91. The number of nitro groups is 1. The van der Waals surface area contributed by atoms with Crippen LogP contribution in [0.25, 0.3) is 0 Å². The van der Waals surface area contributed by atoms with Crippen molar-refractivity contribution in [3.63, 3.8) is 0 Å². The summed E-state index contributed by atoms with van der Waals surface area (Å²) in [6, 6.07) is 11.3. The Balaban J connectivity index is 1.85. The molecule has 0 aliphatic rings. The van der Waals surface area contributed by atoms with E-state index in [1.807, 2.05) is 0 Å². The molecule has 0 amide bonds. The maximum absolute atomic E-state index is 11.8. The zero-order chi connectivity index (χ0) is 19.1. The Morgan fingerprint density at radius 3 is 2.12 bits per heavy atom. The summed E-state index contributed by atoms with van der Waals surface area (Å²) in [5.74, 6) is -0.553. The summed E-state index contributed by atoms with van der Waals surface area (Å²) in [6.07, 6.45) is -0.225. The first-order valence-electron chi connectivity index (χ1n) is 7.74. The van der Waals surface area contributed by atoms with Crippen LogP contribution in [0.2, 0.25) is 0 Å². The van der Waals surface area contributed by atoms with E-state index in [2.05, 4.69) is 0 Å². The highest BCUT2D eigenvalue weighted by Crippen LogP contribution is 2.18. The van der Waals surface area contributed by atoms with E-state index >= 15 is 0 Å². The monoisotopic (exact) mass is 359 g/mol. The summed E-state index contributed by atoms with van der Waals surface area (Å²) >= 11 is 0. The first-order chi connectivity index (χ1) is 12.3. The van der Waals surface area contributed by atoms with Gasteiger partial charge in [0.1, 0.15) is 11.5 Å². The van der Waals surface area contributed by atoms with E-state index < -0.39 is 16.9 Å². The number of non-ortho nitro benzene ring substituents is 1. The number of ether oxygens (including phenoxy) is 3. The molecule has 8 nitrogen and oxygen atoms in total. The van der Waals surface area contributed by atoms with Crippen molar-refractivity contribution in [2.24, 2.45) is 0 Å². The predicted molar refractivity (Wildman–Crippen MR) is 91.2 cm³/mol. The molecule has 0 saturated heterocycles. The minimum Gasteiger partial charge on any atom is -0.482 e. The highest BCUT2D eigenvalue weighted by atomic mass is 16.6. The van der Waals surface area contributed by atoms with Crippen LogP contribution < -0.4 is 9.47 Å². The number of carbonyl (C=O) groups excluding carboxylic acids is 2. The zero-order valence-electron chi connectivity index (χ0n) is 14.2. The molecule has 0 saturated carbocycles. The number of carbonyl (C=O) groups is 2. The second kappa shape index (κ2) is 8.61. The molecule has 0 aromatic heterocycles. The molecule has 26 heavy (non-hydrogen) atoms. The first-order valence-corrected chi connectivity index (χ1v) is 7.74. The van der Waals surface area contributed by atoms with Gasteiger partial charge in [-0.2, -0.15) is 0 Å². The topological polar surface area (TPSA) is 105 Å². The van der Waals surface area contributed by atoms with Crippen LogP contribution in [-0.4, -0.2) is 29.6 Å². The molecular weight excluding hydrogens is 342 g/mol. The SMILES string of the molecule is CC(C)OC(=O)c1ccc(OC(=O)COc2ccc([N+](=O)[O-])cc2)cc1. The van der Waals surface area contributed by atoms with Gasteiger partial charge in [0.05, 0.1) is 16.6 Å². The third-order valence-corrected chi connectivity index (χ3v) is 3.07. The summed E-state index contributed by atoms with van der Waals surface area (Å²) in [6.45, 7) is 3.13. The van der Waals surface area contributed by atoms with Gasteiger partial charge in [-0.05, 0) is 50.2 Å². The van der Waals surface area contributed by atoms with Gasteiger partial charge in [-0.15, -0.1) is 0 Å². The molecule has 0 spiro atoms. The van der Waals surface area contributed by atoms with Crippen LogP contribution >= 0.6 is 0 Å². The standard InChI is InChI=1S/C18H17NO7/c1-12(2)25-18(21)13-3-7-16(8-4-13)26-17(20)11-24-15-9-5-14(6-10-15)19(22)23/h3-10,12H,11H2,1-2H3. The lowest BCUT2D eigenvalue weighted by Crippen LogP contribution is -2.17. The van der Waals surface area contributed by atoms with Gasteiger partial charge in [0.25, 0.3) is 5.69 Å². The Labute approximate surface area is 149 Å². The molecule has 2 aromatic carbocycles. The number of nitrogens with zero attached hydrogens (tertiary/aromatic N) is 1. The molecule has 0 aliphatic heterocycles. The number of esters is 2. The van der Waals surface area contributed by atoms with Gasteiger partial charge in [0, 0.05) is 12.1 Å². The van der Waals surface area contributed by atoms with Crippen molar-refractivity contribution in [1.29, 1.82) is 0 Å². The summed E-state index contributed by atoms with van der Waals surface area (Å²) in [7, 11) is 0. The Morgan fingerprint density at radius 2 is 1.58 bits per heavy atom. The fourth-order valence-corrected chi connectivity index (χ4v) is 1.91. The van der Waals surface area contributed by atoms with Gasteiger partial charge < -0.3 is 14.2 Å². The largest absolute Gasteiger partial charge is 0.482 e.